The van der Waals surface area contributed by atoms with Crippen molar-refractivity contribution in [1.82, 2.24) is 0 Å². The molecule has 0 aliphatic heterocycles. The highest BCUT2D eigenvalue weighted by molar-refractivity contribution is 7.22. The van der Waals surface area contributed by atoms with Gasteiger partial charge in [-0.3, -0.25) is 19.2 Å². The average Bonchev–Trinajstić information content (AvgIpc) is 3.73. The topological polar surface area (TPSA) is 68.3 Å². The smallest absolute Gasteiger partial charge is 0.234 e. The van der Waals surface area contributed by atoms with Crippen LogP contribution in [0.5, 0.6) is 0 Å². The molecule has 0 radical (unpaired) electrons. The molecule has 0 unspecified atom stereocenters. The fraction of sp³-hybridized carbons (Fsp3) is 0.0556. The summed E-state index contributed by atoms with van der Waals surface area (Å²) >= 11 is 3.24. The molecule has 4 nitrogen and oxygen atoms in total. The summed E-state index contributed by atoms with van der Waals surface area (Å²) in [7, 11) is 0. The summed E-state index contributed by atoms with van der Waals surface area (Å²) in [5.74, 6) is -1.82. The van der Waals surface area contributed by atoms with Gasteiger partial charge in [0.05, 0.1) is 0 Å². The Balaban J connectivity index is 1.30. The minimum absolute atomic E-state index is 0.445. The molecule has 0 spiro atoms. The molecule has 2 heterocycles. The number of hydrogen-bond acceptors (Lipinski definition) is 6. The third-order valence-electron chi connectivity index (χ3n) is 8.25. The molecule has 8 rings (SSSR count). The number of benzene rings is 4. The molecule has 0 N–H and O–H groups in total. The van der Waals surface area contributed by atoms with Gasteiger partial charge in [0.15, 0.2) is 0 Å². The van der Waals surface area contributed by atoms with Crippen molar-refractivity contribution in [2.75, 3.05) is 0 Å². The van der Waals surface area contributed by atoms with E-state index >= 15 is 0 Å². The molecule has 0 atom stereocenters. The Hall–Kier alpha value is -4.78. The Morgan fingerprint density at radius 2 is 0.857 bits per heavy atom. The third kappa shape index (κ3) is 3.46. The number of carbonyl (C=O) groups excluding carboxylic acids is 4. The monoisotopic (exact) mass is 580 g/mol. The lowest BCUT2D eigenvalue weighted by Crippen LogP contribution is -2.05. The van der Waals surface area contributed by atoms with Crippen LogP contribution < -0.4 is 0 Å². The van der Waals surface area contributed by atoms with Gasteiger partial charge in [-0.25, -0.2) is 0 Å². The zero-order valence-electron chi connectivity index (χ0n) is 22.5. The minimum Gasteiger partial charge on any atom is -0.285 e. The molecule has 4 aromatic carbocycles. The van der Waals surface area contributed by atoms with Gasteiger partial charge >= 0.3 is 0 Å². The van der Waals surface area contributed by atoms with Crippen molar-refractivity contribution in [3.8, 4) is 0 Å². The van der Waals surface area contributed by atoms with Gasteiger partial charge in [0.2, 0.25) is 23.1 Å². The van der Waals surface area contributed by atoms with Crippen LogP contribution in [0.4, 0.5) is 0 Å². The van der Waals surface area contributed by atoms with Crippen LogP contribution in [0.1, 0.15) is 52.7 Å². The van der Waals surface area contributed by atoms with E-state index < -0.39 is 23.1 Å². The van der Waals surface area contributed by atoms with Crippen molar-refractivity contribution >= 4 is 100 Å². The highest BCUT2D eigenvalue weighted by atomic mass is 32.1. The number of hydrogen-bond donors (Lipinski definition) is 0. The Bertz CT molecular complexity index is 2180. The predicted octanol–water partition coefficient (Wildman–Crippen LogP) is 8.50. The normalized spacial score (nSPS) is 16.6. The molecule has 0 amide bonds. The largest absolute Gasteiger partial charge is 0.285 e. The van der Waals surface area contributed by atoms with Gasteiger partial charge in [-0.05, 0) is 83.3 Å². The number of Topliss-reactive ketones (excluding diaryl/α,β-unsaturated/α-hetero) is 4. The summed E-state index contributed by atoms with van der Waals surface area (Å²) in [5.41, 5.74) is 5.44. The lowest BCUT2D eigenvalue weighted by molar-refractivity contribution is -0.110. The number of rotatable bonds is 2. The van der Waals surface area contributed by atoms with E-state index in [9.17, 15) is 19.2 Å². The highest BCUT2D eigenvalue weighted by Crippen LogP contribution is 2.44. The summed E-state index contributed by atoms with van der Waals surface area (Å²) in [6.07, 6.45) is 3.70. The quantitative estimate of drug-likeness (QED) is 0.152. The van der Waals surface area contributed by atoms with E-state index in [1.165, 1.54) is 0 Å². The Kier molecular flexibility index (Phi) is 5.27. The van der Waals surface area contributed by atoms with Gasteiger partial charge in [-0.2, -0.15) is 0 Å². The molecule has 42 heavy (non-hydrogen) atoms. The van der Waals surface area contributed by atoms with Crippen LogP contribution in [0, 0.1) is 13.8 Å². The Labute approximate surface area is 248 Å². The third-order valence-corrected chi connectivity index (χ3v) is 10.5. The SMILES string of the molecule is Cc1cc2c(cc(C)c3cc(/C=C4\C(=O)C(=O)c5ccccc54)sc32)c2sc(/C=C3\C(=O)C(=O)c4ccccc43)cc12. The van der Waals surface area contributed by atoms with Crippen molar-refractivity contribution in [1.29, 1.82) is 0 Å². The summed E-state index contributed by atoms with van der Waals surface area (Å²) in [5, 5.41) is 4.49. The number of ketones is 4. The van der Waals surface area contributed by atoms with E-state index in [0.717, 1.165) is 51.8 Å². The number of aryl methyl sites for hydroxylation is 2. The highest BCUT2D eigenvalue weighted by Gasteiger charge is 2.34. The predicted molar refractivity (Wildman–Crippen MR) is 171 cm³/mol. The summed E-state index contributed by atoms with van der Waals surface area (Å²) in [4.78, 5) is 52.6. The van der Waals surface area contributed by atoms with Gasteiger partial charge in [0, 0.05) is 52.2 Å². The second-order valence-corrected chi connectivity index (χ2v) is 13.0. The Morgan fingerprint density at radius 3 is 1.26 bits per heavy atom. The fourth-order valence-electron chi connectivity index (χ4n) is 6.21. The van der Waals surface area contributed by atoms with Crippen molar-refractivity contribution in [2.24, 2.45) is 0 Å². The zero-order chi connectivity index (χ0) is 28.9. The first-order valence-electron chi connectivity index (χ1n) is 13.5. The average molecular weight is 581 g/mol. The molecule has 6 heteroatoms. The van der Waals surface area contributed by atoms with Crippen LogP contribution >= 0.6 is 22.7 Å². The lowest BCUT2D eigenvalue weighted by atomic mass is 9.99. The first-order valence-corrected chi connectivity index (χ1v) is 15.1. The van der Waals surface area contributed by atoms with E-state index in [4.69, 9.17) is 0 Å². The first-order chi connectivity index (χ1) is 20.3. The summed E-state index contributed by atoms with van der Waals surface area (Å²) in [6, 6.07) is 22.9. The number of carbonyl (C=O) groups is 4. The van der Waals surface area contributed by atoms with Crippen LogP contribution in [-0.4, -0.2) is 23.1 Å². The number of thiophene rings is 2. The van der Waals surface area contributed by atoms with Crippen molar-refractivity contribution in [3.05, 3.63) is 116 Å². The van der Waals surface area contributed by atoms with Crippen molar-refractivity contribution in [3.63, 3.8) is 0 Å². The van der Waals surface area contributed by atoms with Crippen LogP contribution in [0.25, 0.3) is 54.2 Å². The maximum Gasteiger partial charge on any atom is 0.234 e. The van der Waals surface area contributed by atoms with Crippen LogP contribution in [0.2, 0.25) is 0 Å². The van der Waals surface area contributed by atoms with Gasteiger partial charge in [0.25, 0.3) is 0 Å². The molecule has 0 bridgehead atoms. The van der Waals surface area contributed by atoms with E-state index in [-0.39, 0.29) is 0 Å². The molecular weight excluding hydrogens is 561 g/mol. The molecular formula is C36H20O4S2. The molecule has 2 aliphatic carbocycles. The van der Waals surface area contributed by atoms with Gasteiger partial charge < -0.3 is 0 Å². The second kappa shape index (κ2) is 8.86. The maximum absolute atomic E-state index is 12.8. The summed E-state index contributed by atoms with van der Waals surface area (Å²) in [6.45, 7) is 4.18. The maximum atomic E-state index is 12.8. The fourth-order valence-corrected chi connectivity index (χ4v) is 8.60. The molecule has 2 aromatic heterocycles. The molecule has 200 valence electrons. The molecule has 0 saturated carbocycles. The number of allylic oxidation sites excluding steroid dienone is 2. The summed E-state index contributed by atoms with van der Waals surface area (Å²) < 4.78 is 2.26. The second-order valence-electron chi connectivity index (χ2n) is 10.8. The van der Waals surface area contributed by atoms with E-state index in [1.807, 2.05) is 36.4 Å². The van der Waals surface area contributed by atoms with Gasteiger partial charge in [0.1, 0.15) is 0 Å². The Morgan fingerprint density at radius 1 is 0.476 bits per heavy atom. The number of fused-ring (bicyclic) bond motifs is 7. The first kappa shape index (κ1) is 25.0. The van der Waals surface area contributed by atoms with E-state index in [2.05, 4.69) is 38.1 Å². The van der Waals surface area contributed by atoms with Crippen LogP contribution in [0.3, 0.4) is 0 Å². The van der Waals surface area contributed by atoms with Gasteiger partial charge in [-0.15, -0.1) is 22.7 Å². The van der Waals surface area contributed by atoms with Crippen molar-refractivity contribution in [2.45, 2.75) is 13.8 Å². The van der Waals surface area contributed by atoms with Crippen LogP contribution in [-0.2, 0) is 9.59 Å². The zero-order valence-corrected chi connectivity index (χ0v) is 24.2. The van der Waals surface area contributed by atoms with E-state index in [1.54, 1.807) is 46.9 Å². The van der Waals surface area contributed by atoms with Crippen LogP contribution in [0.15, 0.2) is 72.8 Å². The molecule has 0 saturated heterocycles. The standard InChI is InChI=1S/C36H20O4S2/c1-17-11-29-30(35-25(17)13-19(41-35)15-27-21-7-3-5-9-23(21)31(37)33(27)39)12-18(2)26-14-20(42-36(26)29)16-28-22-8-4-6-10-24(22)32(38)34(28)40/h3-16H,1-2H3/b27-15-,28-16-. The molecule has 6 aromatic rings. The molecule has 0 fully saturated rings. The minimum atomic E-state index is -0.460. The van der Waals surface area contributed by atoms with Gasteiger partial charge in [-0.1, -0.05) is 48.5 Å². The molecule has 2 aliphatic rings. The van der Waals surface area contributed by atoms with E-state index in [0.29, 0.717) is 33.4 Å². The lowest BCUT2D eigenvalue weighted by Gasteiger charge is -2.07. The van der Waals surface area contributed by atoms with Crippen molar-refractivity contribution < 1.29 is 19.2 Å².